The van der Waals surface area contributed by atoms with Gasteiger partial charge in [-0.15, -0.1) is 0 Å². The first-order chi connectivity index (χ1) is 24.0. The number of esters is 1. The number of benzene rings is 4. The van der Waals surface area contributed by atoms with Crippen molar-refractivity contribution in [2.24, 2.45) is 4.99 Å². The highest BCUT2D eigenvalue weighted by molar-refractivity contribution is 7.07. The molecule has 8 nitrogen and oxygen atoms in total. The normalized spacial score (nSPS) is 14.3. The van der Waals surface area contributed by atoms with E-state index in [-0.39, 0.29) is 12.2 Å². The van der Waals surface area contributed by atoms with E-state index >= 15 is 0 Å². The van der Waals surface area contributed by atoms with Crippen LogP contribution in [0.5, 0.6) is 5.75 Å². The lowest BCUT2D eigenvalue weighted by Crippen LogP contribution is -2.40. The molecule has 3 heterocycles. The summed E-state index contributed by atoms with van der Waals surface area (Å²) >= 11 is 1.30. The van der Waals surface area contributed by atoms with E-state index in [9.17, 15) is 14.9 Å². The Bertz CT molecular complexity index is 2430. The largest absolute Gasteiger partial charge is 0.494 e. The van der Waals surface area contributed by atoms with Crippen LogP contribution in [0.1, 0.15) is 47.7 Å². The molecule has 0 N–H and O–H groups in total. The molecule has 49 heavy (non-hydrogen) atoms. The molecular formula is C40H32N4O4S. The average molecular weight is 665 g/mol. The van der Waals surface area contributed by atoms with Gasteiger partial charge in [0.1, 0.15) is 5.75 Å². The number of hydrogen-bond donors (Lipinski definition) is 0. The molecule has 0 fully saturated rings. The third kappa shape index (κ3) is 6.10. The number of ether oxygens (including phenoxy) is 2. The first-order valence-electron chi connectivity index (χ1n) is 16.1. The summed E-state index contributed by atoms with van der Waals surface area (Å²) in [7, 11) is 0. The maximum Gasteiger partial charge on any atom is 0.338 e. The first-order valence-corrected chi connectivity index (χ1v) is 16.9. The van der Waals surface area contributed by atoms with E-state index in [1.54, 1.807) is 11.5 Å². The van der Waals surface area contributed by atoms with Gasteiger partial charge < -0.3 is 14.0 Å². The Kier molecular flexibility index (Phi) is 8.79. The molecule has 1 atom stereocenters. The molecule has 0 unspecified atom stereocenters. The lowest BCUT2D eigenvalue weighted by Gasteiger charge is -2.26. The van der Waals surface area contributed by atoms with Crippen molar-refractivity contribution in [3.63, 3.8) is 0 Å². The zero-order chi connectivity index (χ0) is 33.9. The lowest BCUT2D eigenvalue weighted by molar-refractivity contribution is -0.138. The van der Waals surface area contributed by atoms with Crippen molar-refractivity contribution in [3.05, 3.63) is 162 Å². The Morgan fingerprint density at radius 1 is 0.939 bits per heavy atom. The van der Waals surface area contributed by atoms with E-state index in [1.807, 2.05) is 116 Å². The van der Waals surface area contributed by atoms with Crippen molar-refractivity contribution in [1.29, 1.82) is 5.26 Å². The summed E-state index contributed by atoms with van der Waals surface area (Å²) in [6, 6.07) is 34.0. The molecule has 0 radical (unpaired) electrons. The molecule has 9 heteroatoms. The molecule has 7 rings (SSSR count). The van der Waals surface area contributed by atoms with Gasteiger partial charge >= 0.3 is 5.97 Å². The van der Waals surface area contributed by atoms with Gasteiger partial charge in [-0.2, -0.15) is 5.26 Å². The molecule has 0 bridgehead atoms. The standard InChI is InChI=1S/C40H32N4O4S/c1-3-47-31-20-18-29(19-21-31)37-35(39(46)48-4-2)36(28-10-6-5-7-11-28)42-40-44(37)38(45)34(49-40)22-30-25-43(33-13-9-8-12-32(30)33)24-27-16-14-26(23-41)15-17-27/h5-22,25,37H,3-4,24H2,1-2H3/b34-22-/t37-/m0/s1. The van der Waals surface area contributed by atoms with E-state index in [0.29, 0.717) is 45.1 Å². The molecule has 4 aromatic carbocycles. The molecule has 1 aliphatic rings. The third-order valence-electron chi connectivity index (χ3n) is 8.42. The average Bonchev–Trinajstić information content (AvgIpc) is 3.64. The van der Waals surface area contributed by atoms with Crippen LogP contribution in [-0.2, 0) is 16.1 Å². The van der Waals surface area contributed by atoms with E-state index in [4.69, 9.17) is 14.5 Å². The second kappa shape index (κ2) is 13.6. The predicted molar refractivity (Wildman–Crippen MR) is 191 cm³/mol. The van der Waals surface area contributed by atoms with E-state index < -0.39 is 12.0 Å². The second-order valence-electron chi connectivity index (χ2n) is 11.5. The van der Waals surface area contributed by atoms with Crippen LogP contribution >= 0.6 is 11.3 Å². The van der Waals surface area contributed by atoms with Crippen molar-refractivity contribution in [3.8, 4) is 11.8 Å². The van der Waals surface area contributed by atoms with Crippen LogP contribution in [0.25, 0.3) is 22.7 Å². The lowest BCUT2D eigenvalue weighted by atomic mass is 9.93. The van der Waals surface area contributed by atoms with Gasteiger partial charge in [-0.3, -0.25) is 9.36 Å². The van der Waals surface area contributed by atoms with Gasteiger partial charge in [-0.25, -0.2) is 9.79 Å². The summed E-state index contributed by atoms with van der Waals surface area (Å²) in [5.41, 5.74) is 5.60. The highest BCUT2D eigenvalue weighted by atomic mass is 32.1. The smallest absolute Gasteiger partial charge is 0.338 e. The van der Waals surface area contributed by atoms with E-state index in [1.165, 1.54) is 11.3 Å². The van der Waals surface area contributed by atoms with Crippen molar-refractivity contribution in [1.82, 2.24) is 9.13 Å². The van der Waals surface area contributed by atoms with Gasteiger partial charge in [-0.1, -0.05) is 84.1 Å². The van der Waals surface area contributed by atoms with Crippen LogP contribution in [-0.4, -0.2) is 28.3 Å². The summed E-state index contributed by atoms with van der Waals surface area (Å²) in [6.07, 6.45) is 3.96. The zero-order valence-electron chi connectivity index (χ0n) is 27.0. The fourth-order valence-corrected chi connectivity index (χ4v) is 7.20. The van der Waals surface area contributed by atoms with Gasteiger partial charge in [0.05, 0.1) is 46.7 Å². The van der Waals surface area contributed by atoms with Crippen LogP contribution in [0.2, 0.25) is 0 Å². The predicted octanol–water partition coefficient (Wildman–Crippen LogP) is 6.21. The molecule has 0 aliphatic carbocycles. The number of hydrogen-bond acceptors (Lipinski definition) is 7. The minimum absolute atomic E-state index is 0.178. The molecular weight excluding hydrogens is 633 g/mol. The maximum absolute atomic E-state index is 14.5. The molecule has 1 aliphatic heterocycles. The number of carbonyl (C=O) groups is 1. The van der Waals surface area contributed by atoms with Crippen LogP contribution in [0, 0.1) is 11.3 Å². The minimum Gasteiger partial charge on any atom is -0.494 e. The van der Waals surface area contributed by atoms with Crippen LogP contribution < -0.4 is 19.6 Å². The highest BCUT2D eigenvalue weighted by Crippen LogP contribution is 2.36. The Morgan fingerprint density at radius 2 is 1.67 bits per heavy atom. The summed E-state index contributed by atoms with van der Waals surface area (Å²) in [5, 5.41) is 10.2. The van der Waals surface area contributed by atoms with Gasteiger partial charge in [0.15, 0.2) is 4.80 Å². The number of nitriles is 1. The fourth-order valence-electron chi connectivity index (χ4n) is 6.21. The molecule has 6 aromatic rings. The quantitative estimate of drug-likeness (QED) is 0.171. The van der Waals surface area contributed by atoms with Crippen LogP contribution in [0.15, 0.2) is 125 Å². The van der Waals surface area contributed by atoms with Gasteiger partial charge in [0.2, 0.25) is 0 Å². The molecule has 0 saturated carbocycles. The Hall–Kier alpha value is -5.98. The van der Waals surface area contributed by atoms with Crippen molar-refractivity contribution in [2.45, 2.75) is 26.4 Å². The number of rotatable bonds is 9. The van der Waals surface area contributed by atoms with Crippen molar-refractivity contribution in [2.75, 3.05) is 13.2 Å². The number of carbonyl (C=O) groups excluding carboxylic acids is 1. The summed E-state index contributed by atoms with van der Waals surface area (Å²) in [5.74, 6) is 0.171. The SMILES string of the molecule is CCOC(=O)C1=C(c2ccccc2)N=c2s/c(=C\c3cn(Cc4ccc(C#N)cc4)c4ccccc34)c(=O)n2[C@H]1c1ccc(OCC)cc1. The molecule has 242 valence electrons. The van der Waals surface area contributed by atoms with Gasteiger partial charge in [-0.05, 0) is 61.4 Å². The number of nitrogens with zero attached hydrogens (tertiary/aromatic N) is 4. The van der Waals surface area contributed by atoms with Gasteiger partial charge in [0, 0.05) is 34.8 Å². The maximum atomic E-state index is 14.5. The topological polar surface area (TPSA) is 98.6 Å². The molecule has 0 amide bonds. The summed E-state index contributed by atoms with van der Waals surface area (Å²) in [4.78, 5) is 33.7. The zero-order valence-corrected chi connectivity index (χ0v) is 27.8. The van der Waals surface area contributed by atoms with Crippen LogP contribution in [0.4, 0.5) is 0 Å². The van der Waals surface area contributed by atoms with Crippen molar-refractivity contribution < 1.29 is 14.3 Å². The second-order valence-corrected chi connectivity index (χ2v) is 12.5. The minimum atomic E-state index is -0.777. The molecule has 2 aromatic heterocycles. The van der Waals surface area contributed by atoms with Gasteiger partial charge in [0.25, 0.3) is 5.56 Å². The van der Waals surface area contributed by atoms with Crippen LogP contribution in [0.3, 0.4) is 0 Å². The number of thiazole rings is 1. The third-order valence-corrected chi connectivity index (χ3v) is 9.41. The van der Waals surface area contributed by atoms with E-state index in [2.05, 4.69) is 16.7 Å². The number of aromatic nitrogens is 2. The monoisotopic (exact) mass is 664 g/mol. The summed E-state index contributed by atoms with van der Waals surface area (Å²) in [6.45, 7) is 4.98. The van der Waals surface area contributed by atoms with Crippen molar-refractivity contribution >= 4 is 40.0 Å². The van der Waals surface area contributed by atoms with E-state index in [0.717, 1.165) is 33.2 Å². The Balaban J connectivity index is 1.42. The first kappa shape index (κ1) is 31.6. The molecule has 0 saturated heterocycles. The number of fused-ring (bicyclic) bond motifs is 2. The summed E-state index contributed by atoms with van der Waals surface area (Å²) < 4.78 is 15.5. The number of para-hydroxylation sites is 1. The fraction of sp³-hybridized carbons (Fsp3) is 0.150. The molecule has 0 spiro atoms. The Labute approximate surface area is 286 Å². The Morgan fingerprint density at radius 3 is 2.39 bits per heavy atom. The highest BCUT2D eigenvalue weighted by Gasteiger charge is 2.35.